The van der Waals surface area contributed by atoms with Gasteiger partial charge < -0.3 is 4.74 Å². The summed E-state index contributed by atoms with van der Waals surface area (Å²) in [6.07, 6.45) is 4.53. The number of rotatable bonds is 5. The lowest BCUT2D eigenvalue weighted by atomic mass is 9.89. The Hall–Kier alpha value is -1.27. The van der Waals surface area contributed by atoms with Gasteiger partial charge in [-0.05, 0) is 61.4 Å². The number of ether oxygens (including phenoxy) is 1. The van der Waals surface area contributed by atoms with Crippen molar-refractivity contribution in [2.24, 2.45) is 0 Å². The van der Waals surface area contributed by atoms with Crippen molar-refractivity contribution in [2.45, 2.75) is 43.5 Å². The monoisotopic (exact) mass is 413 g/mol. The number of aryl methyl sites for hydroxylation is 2. The van der Waals surface area contributed by atoms with Crippen LogP contribution in [0.4, 0.5) is 0 Å². The molecule has 1 N–H and O–H groups in total. The summed E-state index contributed by atoms with van der Waals surface area (Å²) in [5.41, 5.74) is 3.61. The Morgan fingerprint density at radius 3 is 2.42 bits per heavy atom. The molecule has 4 nitrogen and oxygen atoms in total. The van der Waals surface area contributed by atoms with Crippen LogP contribution < -0.4 is 9.46 Å². The maximum Gasteiger partial charge on any atom is 0.242 e. The van der Waals surface area contributed by atoms with Crippen LogP contribution in [0, 0.1) is 0 Å². The number of sulfonamides is 1. The summed E-state index contributed by atoms with van der Waals surface area (Å²) in [6.45, 7) is 1.82. The average molecular weight is 414 g/mol. The number of hydrogen-bond donors (Lipinski definition) is 1. The molecule has 1 aliphatic carbocycles. The van der Waals surface area contributed by atoms with Crippen molar-refractivity contribution in [2.75, 3.05) is 7.11 Å². The summed E-state index contributed by atoms with van der Waals surface area (Å²) in [5.74, 6) is 0.332. The van der Waals surface area contributed by atoms with E-state index in [9.17, 15) is 8.42 Å². The number of hydrogen-bond acceptors (Lipinski definition) is 3. The highest BCUT2D eigenvalue weighted by molar-refractivity contribution is 7.89. The summed E-state index contributed by atoms with van der Waals surface area (Å²) in [6, 6.07) is 8.70. The van der Waals surface area contributed by atoms with Crippen LogP contribution in [0.3, 0.4) is 0 Å². The molecule has 2 aromatic carbocycles. The van der Waals surface area contributed by atoms with Gasteiger partial charge in [-0.15, -0.1) is 0 Å². The first-order chi connectivity index (χ1) is 12.3. The molecule has 0 aromatic heterocycles. The lowest BCUT2D eigenvalue weighted by Crippen LogP contribution is -2.27. The molecule has 0 amide bonds. The van der Waals surface area contributed by atoms with E-state index < -0.39 is 10.0 Å². The Kier molecular flexibility index (Phi) is 5.82. The minimum absolute atomic E-state index is 0.0452. The molecule has 3 rings (SSSR count). The summed E-state index contributed by atoms with van der Waals surface area (Å²) in [4.78, 5) is -0.0604. The van der Waals surface area contributed by atoms with E-state index in [1.165, 1.54) is 43.2 Å². The van der Waals surface area contributed by atoms with Crippen LogP contribution in [0.5, 0.6) is 5.75 Å². The molecule has 0 saturated carbocycles. The molecule has 0 aliphatic heterocycles. The van der Waals surface area contributed by atoms with Crippen LogP contribution in [0.15, 0.2) is 35.2 Å². The van der Waals surface area contributed by atoms with Gasteiger partial charge in [0, 0.05) is 6.04 Å². The van der Waals surface area contributed by atoms with Crippen LogP contribution in [0.1, 0.15) is 42.5 Å². The molecule has 140 valence electrons. The first-order valence-corrected chi connectivity index (χ1v) is 10.7. The molecule has 1 atom stereocenters. The molecular weight excluding hydrogens is 393 g/mol. The van der Waals surface area contributed by atoms with Crippen LogP contribution in [-0.2, 0) is 22.9 Å². The minimum Gasteiger partial charge on any atom is -0.495 e. The van der Waals surface area contributed by atoms with E-state index in [0.29, 0.717) is 5.75 Å². The van der Waals surface area contributed by atoms with Crippen molar-refractivity contribution in [3.8, 4) is 5.75 Å². The quantitative estimate of drug-likeness (QED) is 0.756. The topological polar surface area (TPSA) is 55.4 Å². The fraction of sp³-hybridized carbons (Fsp3) is 0.368. The van der Waals surface area contributed by atoms with E-state index in [2.05, 4.69) is 16.9 Å². The summed E-state index contributed by atoms with van der Waals surface area (Å²) in [7, 11) is -2.38. The van der Waals surface area contributed by atoms with Gasteiger partial charge in [0.25, 0.3) is 0 Å². The zero-order valence-electron chi connectivity index (χ0n) is 14.7. The number of benzene rings is 2. The van der Waals surface area contributed by atoms with E-state index >= 15 is 0 Å². The van der Waals surface area contributed by atoms with Crippen molar-refractivity contribution in [3.63, 3.8) is 0 Å². The highest BCUT2D eigenvalue weighted by Crippen LogP contribution is 2.37. The Labute approximate surface area is 164 Å². The molecular formula is C19H21Cl2NO3S. The highest BCUT2D eigenvalue weighted by Gasteiger charge is 2.24. The molecule has 0 radical (unpaired) electrons. The maximum atomic E-state index is 12.8. The summed E-state index contributed by atoms with van der Waals surface area (Å²) in [5, 5.41) is 0.0367. The molecule has 0 spiro atoms. The predicted molar refractivity (Wildman–Crippen MR) is 105 cm³/mol. The molecule has 0 heterocycles. The van der Waals surface area contributed by atoms with Gasteiger partial charge in [0.1, 0.15) is 15.7 Å². The van der Waals surface area contributed by atoms with Gasteiger partial charge in [0.2, 0.25) is 10.0 Å². The summed E-state index contributed by atoms with van der Waals surface area (Å²) < 4.78 is 33.3. The van der Waals surface area contributed by atoms with E-state index in [0.717, 1.165) is 18.4 Å². The molecule has 0 fully saturated rings. The second-order valence-electron chi connectivity index (χ2n) is 6.47. The van der Waals surface area contributed by atoms with Crippen LogP contribution >= 0.6 is 23.2 Å². The fourth-order valence-corrected chi connectivity index (χ4v) is 5.34. The van der Waals surface area contributed by atoms with Crippen molar-refractivity contribution in [1.29, 1.82) is 0 Å². The fourth-order valence-electron chi connectivity index (χ4n) is 3.27. The third-order valence-corrected chi connectivity index (χ3v) is 7.29. The van der Waals surface area contributed by atoms with Crippen LogP contribution in [0.2, 0.25) is 10.0 Å². The second kappa shape index (κ2) is 7.77. The Morgan fingerprint density at radius 2 is 1.73 bits per heavy atom. The lowest BCUT2D eigenvalue weighted by molar-refractivity contribution is 0.414. The van der Waals surface area contributed by atoms with Crippen molar-refractivity contribution >= 4 is 33.2 Å². The van der Waals surface area contributed by atoms with Crippen molar-refractivity contribution in [1.82, 2.24) is 4.72 Å². The second-order valence-corrected chi connectivity index (χ2v) is 8.91. The van der Waals surface area contributed by atoms with Crippen LogP contribution in [0.25, 0.3) is 0 Å². The minimum atomic E-state index is -3.83. The number of methoxy groups -OCH3 is 1. The zero-order valence-corrected chi connectivity index (χ0v) is 17.0. The predicted octanol–water partition coefficient (Wildman–Crippen LogP) is 4.92. The van der Waals surface area contributed by atoms with Gasteiger partial charge in [0.05, 0.1) is 12.1 Å². The first kappa shape index (κ1) is 19.5. The third kappa shape index (κ3) is 3.86. The molecule has 26 heavy (non-hydrogen) atoms. The van der Waals surface area contributed by atoms with Gasteiger partial charge >= 0.3 is 0 Å². The van der Waals surface area contributed by atoms with E-state index in [1.54, 1.807) is 0 Å². The molecule has 1 aliphatic rings. The third-order valence-electron chi connectivity index (χ3n) is 4.73. The standard InChI is InChI=1S/C19H21Cl2NO3S/c1-12(14-8-7-13-5-3-4-6-15(13)11-14)22-26(23,24)17-10-9-16(25-2)18(20)19(17)21/h7-12,22H,3-6H2,1-2H3. The van der Waals surface area contributed by atoms with Crippen molar-refractivity contribution < 1.29 is 13.2 Å². The van der Waals surface area contributed by atoms with Gasteiger partial charge in [-0.2, -0.15) is 0 Å². The number of fused-ring (bicyclic) bond motifs is 1. The maximum absolute atomic E-state index is 12.8. The van der Waals surface area contributed by atoms with Gasteiger partial charge in [-0.1, -0.05) is 41.4 Å². The largest absolute Gasteiger partial charge is 0.495 e. The molecule has 7 heteroatoms. The van der Waals surface area contributed by atoms with E-state index in [4.69, 9.17) is 27.9 Å². The average Bonchev–Trinajstić information content (AvgIpc) is 2.62. The molecule has 0 bridgehead atoms. The van der Waals surface area contributed by atoms with Gasteiger partial charge in [-0.25, -0.2) is 13.1 Å². The first-order valence-electron chi connectivity index (χ1n) is 8.49. The number of nitrogens with one attached hydrogen (secondary N) is 1. The van der Waals surface area contributed by atoms with E-state index in [1.807, 2.05) is 13.0 Å². The molecule has 0 saturated heterocycles. The van der Waals surface area contributed by atoms with E-state index in [-0.39, 0.29) is 21.0 Å². The van der Waals surface area contributed by atoms with Crippen LogP contribution in [-0.4, -0.2) is 15.5 Å². The smallest absolute Gasteiger partial charge is 0.242 e. The molecule has 1 unspecified atom stereocenters. The number of halogens is 2. The Bertz CT molecular complexity index is 929. The SMILES string of the molecule is COc1ccc(S(=O)(=O)NC(C)c2ccc3c(c2)CCCC3)c(Cl)c1Cl. The summed E-state index contributed by atoms with van der Waals surface area (Å²) >= 11 is 12.2. The zero-order chi connectivity index (χ0) is 18.9. The lowest BCUT2D eigenvalue weighted by Gasteiger charge is -2.20. The Balaban J connectivity index is 1.87. The van der Waals surface area contributed by atoms with Crippen molar-refractivity contribution in [3.05, 3.63) is 57.1 Å². The Morgan fingerprint density at radius 1 is 1.04 bits per heavy atom. The normalized spacial score (nSPS) is 15.4. The van der Waals surface area contributed by atoms with Gasteiger partial charge in [0.15, 0.2) is 0 Å². The highest BCUT2D eigenvalue weighted by atomic mass is 35.5. The molecule has 2 aromatic rings. The van der Waals surface area contributed by atoms with Gasteiger partial charge in [-0.3, -0.25) is 0 Å².